The molecule has 118 valence electrons. The second kappa shape index (κ2) is 8.06. The number of carbonyl (C=O) groups is 1. The lowest BCUT2D eigenvalue weighted by atomic mass is 9.94. The van der Waals surface area contributed by atoms with E-state index in [1.54, 1.807) is 24.5 Å². The van der Waals surface area contributed by atoms with E-state index in [2.05, 4.69) is 16.5 Å². The molecule has 0 unspecified atom stereocenters. The quantitative estimate of drug-likeness (QED) is 0.686. The second-order valence-corrected chi connectivity index (χ2v) is 5.38. The Morgan fingerprint density at radius 1 is 1.30 bits per heavy atom. The Kier molecular flexibility index (Phi) is 5.83. The third-order valence-corrected chi connectivity index (χ3v) is 3.45. The fourth-order valence-electron chi connectivity index (χ4n) is 2.47. The molecular weight excluding hydrogens is 286 g/mol. The van der Waals surface area contributed by atoms with Crippen LogP contribution in [0.3, 0.4) is 0 Å². The smallest absolute Gasteiger partial charge is 0.187 e. The molecule has 0 aromatic carbocycles. The summed E-state index contributed by atoms with van der Waals surface area (Å²) >= 11 is 0. The molecule has 1 aliphatic heterocycles. The van der Waals surface area contributed by atoms with Crippen LogP contribution < -0.4 is 5.73 Å². The topological polar surface area (TPSA) is 59.2 Å². The average Bonchev–Trinajstić information content (AvgIpc) is 2.53. The predicted molar refractivity (Wildman–Crippen MR) is 94.4 cm³/mol. The van der Waals surface area contributed by atoms with Gasteiger partial charge in [0.15, 0.2) is 5.78 Å². The number of piperidine rings is 1. The molecule has 0 spiro atoms. The Hall–Kier alpha value is -2.72. The number of aromatic nitrogens is 1. The van der Waals surface area contributed by atoms with E-state index in [0.717, 1.165) is 22.3 Å². The van der Waals surface area contributed by atoms with E-state index in [0.29, 0.717) is 13.1 Å². The van der Waals surface area contributed by atoms with Gasteiger partial charge in [0.2, 0.25) is 0 Å². The summed E-state index contributed by atoms with van der Waals surface area (Å²) in [4.78, 5) is 18.8. The summed E-state index contributed by atoms with van der Waals surface area (Å²) in [6.07, 6.45) is 13.9. The minimum atomic E-state index is 0.0697. The van der Waals surface area contributed by atoms with Crippen LogP contribution in [-0.2, 0) is 4.79 Å². The van der Waals surface area contributed by atoms with Crippen LogP contribution in [0.5, 0.6) is 0 Å². The fraction of sp³-hybridized carbons (Fsp3) is 0.158. The third-order valence-electron chi connectivity index (χ3n) is 3.45. The molecule has 2 heterocycles. The van der Waals surface area contributed by atoms with E-state index in [-0.39, 0.29) is 5.78 Å². The Morgan fingerprint density at radius 3 is 2.65 bits per heavy atom. The molecule has 0 bridgehead atoms. The van der Waals surface area contributed by atoms with E-state index in [1.165, 1.54) is 6.20 Å². The first-order valence-corrected chi connectivity index (χ1v) is 7.39. The number of likely N-dealkylation sites (N-methyl/N-ethyl adjacent to an activating group) is 1. The van der Waals surface area contributed by atoms with E-state index in [4.69, 9.17) is 5.73 Å². The van der Waals surface area contributed by atoms with E-state index in [9.17, 15) is 4.79 Å². The lowest BCUT2D eigenvalue weighted by Gasteiger charge is -2.26. The van der Waals surface area contributed by atoms with Crippen LogP contribution in [0, 0.1) is 0 Å². The van der Waals surface area contributed by atoms with Crippen molar-refractivity contribution in [2.45, 2.75) is 0 Å². The zero-order valence-corrected chi connectivity index (χ0v) is 13.3. The van der Waals surface area contributed by atoms with Crippen LogP contribution in [0.25, 0.3) is 6.08 Å². The number of carbonyl (C=O) groups excluding carboxylic acids is 1. The number of allylic oxidation sites excluding steroid dienone is 5. The summed E-state index contributed by atoms with van der Waals surface area (Å²) in [5, 5.41) is 0. The van der Waals surface area contributed by atoms with Gasteiger partial charge in [-0.25, -0.2) is 0 Å². The number of nitrogens with zero attached hydrogens (tertiary/aromatic N) is 2. The molecule has 2 N–H and O–H groups in total. The first kappa shape index (κ1) is 16.6. The van der Waals surface area contributed by atoms with Crippen molar-refractivity contribution < 1.29 is 4.79 Å². The SMILES string of the molecule is C=C/C=C(\C=C/N)/C=C1\CN(C)C/C(=C\c2ccncc2)C1=O. The highest BCUT2D eigenvalue weighted by atomic mass is 16.1. The van der Waals surface area contributed by atoms with Gasteiger partial charge in [-0.15, -0.1) is 0 Å². The largest absolute Gasteiger partial charge is 0.405 e. The highest BCUT2D eigenvalue weighted by molar-refractivity contribution is 6.12. The molecular formula is C19H21N3O. The summed E-state index contributed by atoms with van der Waals surface area (Å²) in [7, 11) is 2.00. The maximum atomic E-state index is 12.7. The van der Waals surface area contributed by atoms with Crippen LogP contribution >= 0.6 is 0 Å². The second-order valence-electron chi connectivity index (χ2n) is 5.38. The van der Waals surface area contributed by atoms with Crippen LogP contribution in [-0.4, -0.2) is 35.8 Å². The van der Waals surface area contributed by atoms with Gasteiger partial charge in [-0.2, -0.15) is 0 Å². The molecule has 23 heavy (non-hydrogen) atoms. The van der Waals surface area contributed by atoms with E-state index in [1.807, 2.05) is 37.4 Å². The minimum absolute atomic E-state index is 0.0697. The molecule has 1 fully saturated rings. The van der Waals surface area contributed by atoms with Crippen LogP contribution in [0.1, 0.15) is 5.56 Å². The van der Waals surface area contributed by atoms with Crippen molar-refractivity contribution in [1.82, 2.24) is 9.88 Å². The van der Waals surface area contributed by atoms with Crippen molar-refractivity contribution in [3.05, 3.63) is 83.9 Å². The molecule has 1 aliphatic rings. The fourth-order valence-corrected chi connectivity index (χ4v) is 2.47. The molecule has 0 saturated carbocycles. The average molecular weight is 307 g/mol. The maximum Gasteiger partial charge on any atom is 0.187 e. The highest BCUT2D eigenvalue weighted by Gasteiger charge is 2.23. The van der Waals surface area contributed by atoms with E-state index < -0.39 is 0 Å². The summed E-state index contributed by atoms with van der Waals surface area (Å²) < 4.78 is 0. The van der Waals surface area contributed by atoms with Crippen LogP contribution in [0.15, 0.2) is 78.3 Å². The lowest BCUT2D eigenvalue weighted by Crippen LogP contribution is -2.34. The Balaban J connectivity index is 2.35. The van der Waals surface area contributed by atoms with Gasteiger partial charge in [-0.05, 0) is 54.7 Å². The monoisotopic (exact) mass is 307 g/mol. The summed E-state index contributed by atoms with van der Waals surface area (Å²) in [5.41, 5.74) is 8.79. The van der Waals surface area contributed by atoms with Gasteiger partial charge >= 0.3 is 0 Å². The highest BCUT2D eigenvalue weighted by Crippen LogP contribution is 2.20. The molecule has 2 rings (SSSR count). The molecule has 4 nitrogen and oxygen atoms in total. The van der Waals surface area contributed by atoms with Crippen LogP contribution in [0.4, 0.5) is 0 Å². The van der Waals surface area contributed by atoms with Crippen molar-refractivity contribution in [1.29, 1.82) is 0 Å². The Labute approximate surface area is 137 Å². The number of hydrogen-bond donors (Lipinski definition) is 1. The van der Waals surface area contributed by atoms with Crippen LogP contribution in [0.2, 0.25) is 0 Å². The van der Waals surface area contributed by atoms with Crippen molar-refractivity contribution in [3.8, 4) is 0 Å². The Morgan fingerprint density at radius 2 is 2.00 bits per heavy atom. The number of nitrogens with two attached hydrogens (primary N) is 1. The maximum absolute atomic E-state index is 12.7. The summed E-state index contributed by atoms with van der Waals surface area (Å²) in [5.74, 6) is 0.0697. The first-order chi connectivity index (χ1) is 11.1. The predicted octanol–water partition coefficient (Wildman–Crippen LogP) is 2.49. The first-order valence-electron chi connectivity index (χ1n) is 7.39. The third kappa shape index (κ3) is 4.63. The summed E-state index contributed by atoms with van der Waals surface area (Å²) in [6, 6.07) is 3.77. The van der Waals surface area contributed by atoms with Gasteiger partial charge in [0.25, 0.3) is 0 Å². The molecule has 4 heteroatoms. The number of likely N-dealkylation sites (tertiary alicyclic amines) is 1. The normalized spacial score (nSPS) is 20.6. The van der Waals surface area contributed by atoms with Gasteiger partial charge < -0.3 is 5.73 Å². The van der Waals surface area contributed by atoms with Gasteiger partial charge in [-0.1, -0.05) is 18.7 Å². The molecule has 0 radical (unpaired) electrons. The van der Waals surface area contributed by atoms with Gasteiger partial charge in [0, 0.05) is 36.6 Å². The van der Waals surface area contributed by atoms with Crippen molar-refractivity contribution in [3.63, 3.8) is 0 Å². The number of rotatable bonds is 4. The molecule has 0 aliphatic carbocycles. The standard InChI is InChI=1S/C19H21N3O/c1-3-4-15(5-8-20)11-17-13-22(2)14-18(19(17)23)12-16-6-9-21-10-7-16/h3-12H,1,13-14,20H2,2H3/b8-5-,15-4+,17-11+,18-12+. The number of pyridine rings is 1. The number of ketones is 1. The van der Waals surface area contributed by atoms with Crippen molar-refractivity contribution >= 4 is 11.9 Å². The molecule has 0 amide bonds. The zero-order chi connectivity index (χ0) is 16.7. The van der Waals surface area contributed by atoms with Gasteiger partial charge in [0.1, 0.15) is 0 Å². The number of Topliss-reactive ketones (excluding diaryl/α,β-unsaturated/α-hetero) is 1. The minimum Gasteiger partial charge on any atom is -0.405 e. The van der Waals surface area contributed by atoms with Gasteiger partial charge in [-0.3, -0.25) is 14.7 Å². The van der Waals surface area contributed by atoms with Crippen molar-refractivity contribution in [2.75, 3.05) is 20.1 Å². The molecule has 1 saturated heterocycles. The summed E-state index contributed by atoms with van der Waals surface area (Å²) in [6.45, 7) is 4.93. The number of hydrogen-bond acceptors (Lipinski definition) is 4. The molecule has 1 aromatic rings. The Bertz CT molecular complexity index is 697. The zero-order valence-electron chi connectivity index (χ0n) is 13.3. The van der Waals surface area contributed by atoms with Crippen molar-refractivity contribution in [2.24, 2.45) is 5.73 Å². The molecule has 0 atom stereocenters. The molecule has 1 aromatic heterocycles. The lowest BCUT2D eigenvalue weighted by molar-refractivity contribution is -0.113. The van der Waals surface area contributed by atoms with E-state index >= 15 is 0 Å². The van der Waals surface area contributed by atoms with Gasteiger partial charge in [0.05, 0.1) is 0 Å².